The molecule has 0 saturated heterocycles. The minimum absolute atomic E-state index is 0.0362. The lowest BCUT2D eigenvalue weighted by Gasteiger charge is -2.24. The number of nitrogens with zero attached hydrogens (tertiary/aromatic N) is 3. The fourth-order valence-electron chi connectivity index (χ4n) is 3.38. The van der Waals surface area contributed by atoms with Crippen molar-refractivity contribution in [2.24, 2.45) is 11.8 Å². The largest absolute Gasteiger partial charge is 0.481 e. The van der Waals surface area contributed by atoms with E-state index in [1.807, 2.05) is 0 Å². The molecule has 0 amide bonds. The molecule has 1 aliphatic carbocycles. The Bertz CT molecular complexity index is 501. The van der Waals surface area contributed by atoms with Gasteiger partial charge in [-0.2, -0.15) is 0 Å². The molecule has 0 aliphatic heterocycles. The number of aromatic nitrogens is 3. The zero-order valence-electron chi connectivity index (χ0n) is 13.2. The molecular formula is C15H25N3O2S. The van der Waals surface area contributed by atoms with Crippen LogP contribution in [0.1, 0.15) is 64.7 Å². The smallest absolute Gasteiger partial charge is 0.313 e. The molecule has 1 heterocycles. The van der Waals surface area contributed by atoms with Gasteiger partial charge in [0.15, 0.2) is 5.16 Å². The molecule has 3 unspecified atom stereocenters. The number of carboxylic acids is 1. The van der Waals surface area contributed by atoms with Crippen LogP contribution in [0.3, 0.4) is 0 Å². The van der Waals surface area contributed by atoms with Crippen LogP contribution < -0.4 is 0 Å². The number of carbonyl (C=O) groups is 1. The van der Waals surface area contributed by atoms with Crippen LogP contribution in [0, 0.1) is 11.8 Å². The Morgan fingerprint density at radius 1 is 1.43 bits per heavy atom. The second-order valence-electron chi connectivity index (χ2n) is 6.22. The average Bonchev–Trinajstić information content (AvgIpc) is 2.99. The molecule has 1 aliphatic rings. The fourth-order valence-corrected chi connectivity index (χ4v) is 4.10. The van der Waals surface area contributed by atoms with Gasteiger partial charge in [0.25, 0.3) is 0 Å². The molecular weight excluding hydrogens is 286 g/mol. The maximum Gasteiger partial charge on any atom is 0.313 e. The number of hydrogen-bond acceptors (Lipinski definition) is 4. The van der Waals surface area contributed by atoms with Crippen molar-refractivity contribution in [1.29, 1.82) is 0 Å². The average molecular weight is 311 g/mol. The summed E-state index contributed by atoms with van der Waals surface area (Å²) in [6.07, 6.45) is 3.58. The van der Waals surface area contributed by atoms with Crippen molar-refractivity contribution in [3.05, 3.63) is 5.82 Å². The normalized spacial score (nSPS) is 25.7. The van der Waals surface area contributed by atoms with Crippen LogP contribution >= 0.6 is 11.8 Å². The van der Waals surface area contributed by atoms with Crippen LogP contribution in [0.2, 0.25) is 0 Å². The highest BCUT2D eigenvalue weighted by Crippen LogP contribution is 2.44. The van der Waals surface area contributed by atoms with Crippen molar-refractivity contribution >= 4 is 17.7 Å². The van der Waals surface area contributed by atoms with Crippen LogP contribution in [0.5, 0.6) is 0 Å². The van der Waals surface area contributed by atoms with E-state index in [1.165, 1.54) is 24.6 Å². The number of carboxylic acid groups (broad SMARTS) is 1. The van der Waals surface area contributed by atoms with E-state index in [9.17, 15) is 4.79 Å². The topological polar surface area (TPSA) is 68.0 Å². The second-order valence-corrected chi connectivity index (χ2v) is 7.16. The maximum atomic E-state index is 10.8. The molecule has 5 nitrogen and oxygen atoms in total. The van der Waals surface area contributed by atoms with Crippen molar-refractivity contribution in [1.82, 2.24) is 14.8 Å². The summed E-state index contributed by atoms with van der Waals surface area (Å²) in [7, 11) is 0. The summed E-state index contributed by atoms with van der Waals surface area (Å²) < 4.78 is 2.22. The monoisotopic (exact) mass is 311 g/mol. The van der Waals surface area contributed by atoms with Gasteiger partial charge in [0.1, 0.15) is 5.82 Å². The number of hydrogen-bond donors (Lipinski definition) is 1. The van der Waals surface area contributed by atoms with Crippen molar-refractivity contribution in [3.8, 4) is 0 Å². The van der Waals surface area contributed by atoms with E-state index < -0.39 is 5.97 Å². The summed E-state index contributed by atoms with van der Waals surface area (Å²) >= 11 is 1.28. The van der Waals surface area contributed by atoms with Gasteiger partial charge in [0.2, 0.25) is 0 Å². The summed E-state index contributed by atoms with van der Waals surface area (Å²) in [4.78, 5) is 10.8. The zero-order valence-corrected chi connectivity index (χ0v) is 14.1. The minimum atomic E-state index is -0.813. The first-order chi connectivity index (χ1) is 9.95. The maximum absolute atomic E-state index is 10.8. The van der Waals surface area contributed by atoms with Gasteiger partial charge in [-0.3, -0.25) is 4.79 Å². The van der Waals surface area contributed by atoms with Gasteiger partial charge in [-0.05, 0) is 24.7 Å². The van der Waals surface area contributed by atoms with Crippen LogP contribution in [-0.2, 0) is 4.79 Å². The van der Waals surface area contributed by atoms with E-state index in [4.69, 9.17) is 5.11 Å². The van der Waals surface area contributed by atoms with E-state index in [1.54, 1.807) is 0 Å². The Kier molecular flexibility index (Phi) is 5.30. The number of aliphatic carboxylic acids is 1. The highest BCUT2D eigenvalue weighted by atomic mass is 32.2. The van der Waals surface area contributed by atoms with Gasteiger partial charge in [-0.25, -0.2) is 0 Å². The molecule has 118 valence electrons. The number of thioether (sulfide) groups is 1. The summed E-state index contributed by atoms with van der Waals surface area (Å²) in [6, 6.07) is 0.402. The molecule has 2 rings (SSSR count). The second kappa shape index (κ2) is 6.81. The lowest BCUT2D eigenvalue weighted by Crippen LogP contribution is -2.19. The molecule has 0 aromatic carbocycles. The van der Waals surface area contributed by atoms with Crippen LogP contribution in [-0.4, -0.2) is 31.6 Å². The Morgan fingerprint density at radius 2 is 2.14 bits per heavy atom. The van der Waals surface area contributed by atoms with Crippen LogP contribution in [0.25, 0.3) is 0 Å². The van der Waals surface area contributed by atoms with Crippen LogP contribution in [0.4, 0.5) is 0 Å². The highest BCUT2D eigenvalue weighted by molar-refractivity contribution is 7.99. The molecule has 1 aromatic heterocycles. The molecule has 1 saturated carbocycles. The first-order valence-electron chi connectivity index (χ1n) is 7.75. The standard InChI is InChI=1S/C15H25N3O2S/c1-5-11-6-7-12(10(11)4)18-14(9(2)3)16-17-15(18)21-8-13(19)20/h9-12H,5-8H2,1-4H3,(H,19,20). The fraction of sp³-hybridized carbons (Fsp3) is 0.800. The number of rotatable bonds is 6. The van der Waals surface area contributed by atoms with E-state index in [2.05, 4.69) is 42.5 Å². The van der Waals surface area contributed by atoms with Gasteiger partial charge < -0.3 is 9.67 Å². The summed E-state index contributed by atoms with van der Waals surface area (Å²) in [5, 5.41) is 18.2. The molecule has 21 heavy (non-hydrogen) atoms. The molecule has 0 bridgehead atoms. The van der Waals surface area contributed by atoms with Crippen molar-refractivity contribution in [2.75, 3.05) is 5.75 Å². The third-order valence-corrected chi connectivity index (χ3v) is 5.50. The van der Waals surface area contributed by atoms with E-state index in [0.29, 0.717) is 17.9 Å². The lowest BCUT2D eigenvalue weighted by molar-refractivity contribution is -0.133. The Labute approximate surface area is 130 Å². The van der Waals surface area contributed by atoms with Crippen molar-refractivity contribution in [3.63, 3.8) is 0 Å². The first-order valence-corrected chi connectivity index (χ1v) is 8.73. The molecule has 1 fully saturated rings. The van der Waals surface area contributed by atoms with Gasteiger partial charge >= 0.3 is 5.97 Å². The van der Waals surface area contributed by atoms with Gasteiger partial charge in [0, 0.05) is 12.0 Å². The summed E-state index contributed by atoms with van der Waals surface area (Å²) in [6.45, 7) is 8.78. The first kappa shape index (κ1) is 16.3. The summed E-state index contributed by atoms with van der Waals surface area (Å²) in [5.74, 6) is 1.84. The molecule has 0 spiro atoms. The predicted octanol–water partition coefficient (Wildman–Crippen LogP) is 3.58. The third kappa shape index (κ3) is 3.42. The molecule has 3 atom stereocenters. The quantitative estimate of drug-likeness (QED) is 0.813. The van der Waals surface area contributed by atoms with E-state index in [0.717, 1.165) is 23.3 Å². The van der Waals surface area contributed by atoms with Crippen LogP contribution in [0.15, 0.2) is 5.16 Å². The Hall–Kier alpha value is -1.04. The highest BCUT2D eigenvalue weighted by Gasteiger charge is 2.36. The zero-order chi connectivity index (χ0) is 15.6. The predicted molar refractivity (Wildman–Crippen MR) is 83.7 cm³/mol. The molecule has 1 aromatic rings. The minimum Gasteiger partial charge on any atom is -0.481 e. The molecule has 1 N–H and O–H groups in total. The molecule has 0 radical (unpaired) electrons. The van der Waals surface area contributed by atoms with E-state index in [-0.39, 0.29) is 5.75 Å². The van der Waals surface area contributed by atoms with Crippen molar-refractivity contribution in [2.45, 2.75) is 64.1 Å². The third-order valence-electron chi connectivity index (χ3n) is 4.57. The van der Waals surface area contributed by atoms with Gasteiger partial charge in [-0.15, -0.1) is 10.2 Å². The lowest BCUT2D eigenvalue weighted by atomic mass is 9.93. The van der Waals surface area contributed by atoms with Gasteiger partial charge in [0.05, 0.1) is 5.75 Å². The Morgan fingerprint density at radius 3 is 2.67 bits per heavy atom. The van der Waals surface area contributed by atoms with E-state index >= 15 is 0 Å². The Balaban J connectivity index is 2.30. The van der Waals surface area contributed by atoms with Gasteiger partial charge in [-0.1, -0.05) is 45.9 Å². The SMILES string of the molecule is CCC1CCC(n2c(SCC(=O)O)nnc2C(C)C)C1C. The summed E-state index contributed by atoms with van der Waals surface area (Å²) in [5.41, 5.74) is 0. The molecule has 6 heteroatoms. The van der Waals surface area contributed by atoms with Crippen molar-refractivity contribution < 1.29 is 9.90 Å².